The summed E-state index contributed by atoms with van der Waals surface area (Å²) in [6, 6.07) is 5.57. The summed E-state index contributed by atoms with van der Waals surface area (Å²) in [7, 11) is -3.92. The van der Waals surface area contributed by atoms with E-state index in [1.807, 2.05) is 6.92 Å². The molecule has 1 aromatic heterocycles. The Hall–Kier alpha value is -1.73. The molecule has 0 spiro atoms. The summed E-state index contributed by atoms with van der Waals surface area (Å²) < 4.78 is 56.0. The van der Waals surface area contributed by atoms with Crippen LogP contribution in [0.4, 0.5) is 8.78 Å². The second-order valence-corrected chi connectivity index (χ2v) is 6.44. The van der Waals surface area contributed by atoms with Gasteiger partial charge in [-0.2, -0.15) is 0 Å². The summed E-state index contributed by atoms with van der Waals surface area (Å²) in [6.45, 7) is 3.18. The van der Waals surface area contributed by atoms with Crippen LogP contribution in [0.5, 0.6) is 0 Å². The van der Waals surface area contributed by atoms with Crippen LogP contribution in [-0.4, -0.2) is 15.0 Å². The molecule has 0 unspecified atom stereocenters. The van der Waals surface area contributed by atoms with Gasteiger partial charge in [-0.05, 0) is 30.8 Å². The molecule has 114 valence electrons. The number of benzene rings is 1. The molecule has 0 bridgehead atoms. The third-order valence-electron chi connectivity index (χ3n) is 2.83. The molecule has 2 rings (SSSR count). The van der Waals surface area contributed by atoms with Crippen molar-refractivity contribution >= 4 is 9.84 Å². The number of rotatable bonds is 6. The van der Waals surface area contributed by atoms with Gasteiger partial charge in [0.25, 0.3) is 0 Å². The van der Waals surface area contributed by atoms with Crippen LogP contribution in [-0.2, 0) is 22.1 Å². The van der Waals surface area contributed by atoms with Crippen molar-refractivity contribution in [2.75, 3.05) is 6.54 Å². The Balaban J connectivity index is 2.19. The molecule has 7 heteroatoms. The molecule has 0 aliphatic heterocycles. The van der Waals surface area contributed by atoms with Gasteiger partial charge in [0.1, 0.15) is 33.8 Å². The van der Waals surface area contributed by atoms with E-state index in [2.05, 4.69) is 5.32 Å². The van der Waals surface area contributed by atoms with Gasteiger partial charge in [0, 0.05) is 6.07 Å². The van der Waals surface area contributed by atoms with Crippen LogP contribution in [0.25, 0.3) is 0 Å². The minimum absolute atomic E-state index is 0.214. The Morgan fingerprint density at radius 1 is 1.14 bits per heavy atom. The lowest BCUT2D eigenvalue weighted by atomic mass is 10.3. The summed E-state index contributed by atoms with van der Waals surface area (Å²) in [6.07, 6.45) is 0. The van der Waals surface area contributed by atoms with Crippen LogP contribution < -0.4 is 5.32 Å². The normalized spacial score (nSPS) is 11.8. The number of hydrogen-bond donors (Lipinski definition) is 1. The Kier molecular flexibility index (Phi) is 4.74. The molecule has 1 aromatic carbocycles. The zero-order valence-electron chi connectivity index (χ0n) is 11.4. The molecule has 0 amide bonds. The van der Waals surface area contributed by atoms with E-state index in [1.54, 1.807) is 6.07 Å². The lowest BCUT2D eigenvalue weighted by Crippen LogP contribution is -2.11. The first kappa shape index (κ1) is 15.7. The summed E-state index contributed by atoms with van der Waals surface area (Å²) in [5, 5.41) is 3.04. The maximum atomic E-state index is 13.6. The molecular formula is C14H15F2NO3S. The molecule has 0 atom stereocenters. The standard InChI is InChI=1S/C14H15F2NO3S/c1-2-17-8-11-4-5-12(20-11)9-21(18,19)14-6-3-10(15)7-13(14)16/h3-7,17H,2,8-9H2,1H3. The van der Waals surface area contributed by atoms with Crippen molar-refractivity contribution in [1.29, 1.82) is 0 Å². The van der Waals surface area contributed by atoms with Crippen LogP contribution in [0.15, 0.2) is 39.6 Å². The molecule has 1 N–H and O–H groups in total. The Morgan fingerprint density at radius 3 is 2.52 bits per heavy atom. The predicted molar refractivity (Wildman–Crippen MR) is 73.3 cm³/mol. The zero-order chi connectivity index (χ0) is 15.5. The van der Waals surface area contributed by atoms with Gasteiger partial charge in [-0.25, -0.2) is 17.2 Å². The van der Waals surface area contributed by atoms with Crippen molar-refractivity contribution in [3.8, 4) is 0 Å². The Morgan fingerprint density at radius 2 is 1.86 bits per heavy atom. The van der Waals surface area contributed by atoms with Crippen LogP contribution in [0.2, 0.25) is 0 Å². The van der Waals surface area contributed by atoms with Gasteiger partial charge >= 0.3 is 0 Å². The van der Waals surface area contributed by atoms with Crippen molar-refractivity contribution < 1.29 is 21.6 Å². The van der Waals surface area contributed by atoms with Crippen molar-refractivity contribution in [3.63, 3.8) is 0 Å². The van der Waals surface area contributed by atoms with Crippen LogP contribution >= 0.6 is 0 Å². The molecule has 2 aromatic rings. The highest BCUT2D eigenvalue weighted by Gasteiger charge is 2.22. The fraction of sp³-hybridized carbons (Fsp3) is 0.286. The summed E-state index contributed by atoms with van der Waals surface area (Å²) >= 11 is 0. The highest BCUT2D eigenvalue weighted by Crippen LogP contribution is 2.21. The largest absolute Gasteiger partial charge is 0.464 e. The molecule has 1 heterocycles. The van der Waals surface area contributed by atoms with E-state index < -0.39 is 32.1 Å². The average molecular weight is 315 g/mol. The second-order valence-electron chi connectivity index (χ2n) is 4.48. The number of furan rings is 1. The minimum atomic E-state index is -3.92. The summed E-state index contributed by atoms with van der Waals surface area (Å²) in [5.74, 6) is -1.58. The number of hydrogen-bond acceptors (Lipinski definition) is 4. The highest BCUT2D eigenvalue weighted by molar-refractivity contribution is 7.90. The second kappa shape index (κ2) is 6.36. The lowest BCUT2D eigenvalue weighted by Gasteiger charge is -2.04. The van der Waals surface area contributed by atoms with E-state index in [1.165, 1.54) is 6.07 Å². The van der Waals surface area contributed by atoms with Crippen LogP contribution in [0, 0.1) is 11.6 Å². The fourth-order valence-corrected chi connectivity index (χ4v) is 3.15. The van der Waals surface area contributed by atoms with Crippen LogP contribution in [0.3, 0.4) is 0 Å². The summed E-state index contributed by atoms with van der Waals surface area (Å²) in [5.41, 5.74) is 0. The van der Waals surface area contributed by atoms with Gasteiger partial charge in [-0.15, -0.1) is 0 Å². The Labute approximate surface area is 121 Å². The van der Waals surface area contributed by atoms with Gasteiger partial charge in [0.2, 0.25) is 0 Å². The van der Waals surface area contributed by atoms with E-state index in [9.17, 15) is 17.2 Å². The van der Waals surface area contributed by atoms with E-state index in [4.69, 9.17) is 4.42 Å². The molecule has 0 fully saturated rings. The maximum Gasteiger partial charge on any atom is 0.188 e. The molecule has 4 nitrogen and oxygen atoms in total. The van der Waals surface area contributed by atoms with Crippen molar-refractivity contribution in [2.24, 2.45) is 0 Å². The molecule has 21 heavy (non-hydrogen) atoms. The van der Waals surface area contributed by atoms with Gasteiger partial charge in [-0.1, -0.05) is 6.92 Å². The highest BCUT2D eigenvalue weighted by atomic mass is 32.2. The van der Waals surface area contributed by atoms with Gasteiger partial charge in [0.15, 0.2) is 9.84 Å². The third kappa shape index (κ3) is 3.89. The SMILES string of the molecule is CCNCc1ccc(CS(=O)(=O)c2ccc(F)cc2F)o1. The third-order valence-corrected chi connectivity index (χ3v) is 4.49. The zero-order valence-corrected chi connectivity index (χ0v) is 12.2. The fourth-order valence-electron chi connectivity index (χ4n) is 1.84. The molecule has 0 aliphatic carbocycles. The van der Waals surface area contributed by atoms with Gasteiger partial charge < -0.3 is 9.73 Å². The number of sulfone groups is 1. The first-order valence-corrected chi connectivity index (χ1v) is 8.03. The average Bonchev–Trinajstić information content (AvgIpc) is 2.82. The van der Waals surface area contributed by atoms with E-state index >= 15 is 0 Å². The molecule has 0 radical (unpaired) electrons. The Bertz CT molecular complexity index is 726. The molecule has 0 saturated carbocycles. The van der Waals surface area contributed by atoms with Crippen molar-refractivity contribution in [1.82, 2.24) is 5.32 Å². The quantitative estimate of drug-likeness (QED) is 0.833. The van der Waals surface area contributed by atoms with Crippen LogP contribution in [0.1, 0.15) is 18.4 Å². The molecule has 0 aliphatic rings. The van der Waals surface area contributed by atoms with Gasteiger partial charge in [0.05, 0.1) is 6.54 Å². The van der Waals surface area contributed by atoms with E-state index in [-0.39, 0.29) is 5.76 Å². The topological polar surface area (TPSA) is 59.3 Å². The van der Waals surface area contributed by atoms with Gasteiger partial charge in [-0.3, -0.25) is 0 Å². The molecule has 0 saturated heterocycles. The first-order valence-electron chi connectivity index (χ1n) is 6.38. The first-order chi connectivity index (χ1) is 9.92. The monoisotopic (exact) mass is 315 g/mol. The smallest absolute Gasteiger partial charge is 0.188 e. The predicted octanol–water partition coefficient (Wildman–Crippen LogP) is 2.64. The summed E-state index contributed by atoms with van der Waals surface area (Å²) in [4.78, 5) is -0.534. The van der Waals surface area contributed by atoms with Crippen molar-refractivity contribution in [3.05, 3.63) is 53.5 Å². The minimum Gasteiger partial charge on any atom is -0.464 e. The number of nitrogens with one attached hydrogen (secondary N) is 1. The maximum absolute atomic E-state index is 13.6. The van der Waals surface area contributed by atoms with E-state index in [0.29, 0.717) is 18.4 Å². The van der Waals surface area contributed by atoms with E-state index in [0.717, 1.165) is 18.7 Å². The lowest BCUT2D eigenvalue weighted by molar-refractivity contribution is 0.458. The van der Waals surface area contributed by atoms with Crippen molar-refractivity contribution in [2.45, 2.75) is 24.1 Å². The molecular weight excluding hydrogens is 300 g/mol. The number of halogens is 2.